The Morgan fingerprint density at radius 1 is 0.913 bits per heavy atom. The molecule has 3 rings (SSSR count). The van der Waals surface area contributed by atoms with Crippen molar-refractivity contribution < 1.29 is 5.11 Å². The summed E-state index contributed by atoms with van der Waals surface area (Å²) in [5.74, 6) is 0.0192. The Morgan fingerprint density at radius 3 is 2.35 bits per heavy atom. The van der Waals surface area contributed by atoms with Crippen LogP contribution in [-0.4, -0.2) is 18.7 Å². The molecule has 0 aromatic heterocycles. The first kappa shape index (κ1) is 15.7. The van der Waals surface area contributed by atoms with Gasteiger partial charge in [-0.05, 0) is 41.4 Å². The Morgan fingerprint density at radius 2 is 1.61 bits per heavy atom. The summed E-state index contributed by atoms with van der Waals surface area (Å²) in [4.78, 5) is 0. The molecule has 3 aromatic rings. The molecule has 2 N–H and O–H groups in total. The Bertz CT molecular complexity index is 796. The summed E-state index contributed by atoms with van der Waals surface area (Å²) in [5, 5.41) is 16.6. The van der Waals surface area contributed by atoms with Gasteiger partial charge in [0, 0.05) is 12.5 Å². The summed E-state index contributed by atoms with van der Waals surface area (Å²) >= 11 is 0. The van der Waals surface area contributed by atoms with E-state index in [1.165, 1.54) is 10.8 Å². The third-order valence-electron chi connectivity index (χ3n) is 4.51. The van der Waals surface area contributed by atoms with Crippen molar-refractivity contribution >= 4 is 10.8 Å². The molecular weight excluding hydrogens is 282 g/mol. The molecule has 23 heavy (non-hydrogen) atoms. The molecule has 1 unspecified atom stereocenters. The van der Waals surface area contributed by atoms with Crippen LogP contribution in [0.5, 0.6) is 0 Å². The number of aliphatic hydroxyl groups excluding tert-OH is 1. The SMILES string of the molecule is CNC[C@H](c1ccc2ccccc2c1)C(O)c1ccccc1C. The maximum atomic E-state index is 11.0. The summed E-state index contributed by atoms with van der Waals surface area (Å²) in [6, 6.07) is 22.9. The fraction of sp³-hybridized carbons (Fsp3) is 0.238. The number of likely N-dealkylation sites (N-methyl/N-ethyl adjacent to an activating group) is 1. The normalized spacial score (nSPS) is 13.9. The molecule has 3 aromatic carbocycles. The van der Waals surface area contributed by atoms with Crippen LogP contribution in [0.25, 0.3) is 10.8 Å². The number of nitrogens with one attached hydrogen (secondary N) is 1. The lowest BCUT2D eigenvalue weighted by Crippen LogP contribution is -2.23. The second-order valence-corrected chi connectivity index (χ2v) is 6.07. The molecule has 118 valence electrons. The number of aliphatic hydroxyl groups is 1. The lowest BCUT2D eigenvalue weighted by atomic mass is 9.86. The zero-order valence-corrected chi connectivity index (χ0v) is 13.7. The quantitative estimate of drug-likeness (QED) is 0.741. The Kier molecular flexibility index (Phi) is 4.75. The van der Waals surface area contributed by atoms with Gasteiger partial charge in [0.25, 0.3) is 0 Å². The molecule has 0 amide bonds. The standard InChI is InChI=1S/C21H23NO/c1-15-7-3-6-10-19(15)21(23)20(14-22-2)18-12-11-16-8-4-5-9-17(16)13-18/h3-13,20-23H,14H2,1-2H3/t20-,21?/m1/s1. The van der Waals surface area contributed by atoms with E-state index in [9.17, 15) is 5.11 Å². The molecule has 2 nitrogen and oxygen atoms in total. The zero-order valence-electron chi connectivity index (χ0n) is 13.7. The lowest BCUT2D eigenvalue weighted by molar-refractivity contribution is 0.143. The van der Waals surface area contributed by atoms with Crippen molar-refractivity contribution in [2.45, 2.75) is 18.9 Å². The fourth-order valence-corrected chi connectivity index (χ4v) is 3.21. The van der Waals surface area contributed by atoms with E-state index in [1.807, 2.05) is 25.2 Å². The predicted octanol–water partition coefficient (Wildman–Crippen LogP) is 4.18. The summed E-state index contributed by atoms with van der Waals surface area (Å²) in [5.41, 5.74) is 3.29. The van der Waals surface area contributed by atoms with Gasteiger partial charge in [0.2, 0.25) is 0 Å². The van der Waals surface area contributed by atoms with Gasteiger partial charge < -0.3 is 10.4 Å². The van der Waals surface area contributed by atoms with Crippen molar-refractivity contribution in [3.8, 4) is 0 Å². The largest absolute Gasteiger partial charge is 0.388 e. The van der Waals surface area contributed by atoms with E-state index in [-0.39, 0.29) is 5.92 Å². The van der Waals surface area contributed by atoms with Gasteiger partial charge in [-0.3, -0.25) is 0 Å². The smallest absolute Gasteiger partial charge is 0.0873 e. The first-order valence-corrected chi connectivity index (χ1v) is 8.07. The monoisotopic (exact) mass is 305 g/mol. The second-order valence-electron chi connectivity index (χ2n) is 6.07. The summed E-state index contributed by atoms with van der Waals surface area (Å²) < 4.78 is 0. The van der Waals surface area contributed by atoms with Crippen molar-refractivity contribution in [3.05, 3.63) is 83.4 Å². The van der Waals surface area contributed by atoms with Crippen LogP contribution >= 0.6 is 0 Å². The molecule has 0 fully saturated rings. The predicted molar refractivity (Wildman–Crippen MR) is 96.8 cm³/mol. The number of aryl methyl sites for hydroxylation is 1. The average molecular weight is 305 g/mol. The minimum Gasteiger partial charge on any atom is -0.388 e. The number of fused-ring (bicyclic) bond motifs is 1. The van der Waals surface area contributed by atoms with E-state index in [2.05, 4.69) is 60.8 Å². The third-order valence-corrected chi connectivity index (χ3v) is 4.51. The molecule has 2 atom stereocenters. The van der Waals surface area contributed by atoms with Crippen molar-refractivity contribution in [1.82, 2.24) is 5.32 Å². The van der Waals surface area contributed by atoms with Gasteiger partial charge >= 0.3 is 0 Å². The van der Waals surface area contributed by atoms with Gasteiger partial charge in [-0.1, -0.05) is 66.7 Å². The van der Waals surface area contributed by atoms with Gasteiger partial charge in [-0.2, -0.15) is 0 Å². The van der Waals surface area contributed by atoms with Gasteiger partial charge in [0.05, 0.1) is 6.10 Å². The van der Waals surface area contributed by atoms with Gasteiger partial charge in [0.15, 0.2) is 0 Å². The molecule has 0 saturated carbocycles. The van der Waals surface area contributed by atoms with Gasteiger partial charge in [-0.15, -0.1) is 0 Å². The highest BCUT2D eigenvalue weighted by Crippen LogP contribution is 2.33. The minimum atomic E-state index is -0.523. The molecule has 0 aliphatic heterocycles. The first-order chi connectivity index (χ1) is 11.2. The highest BCUT2D eigenvalue weighted by molar-refractivity contribution is 5.83. The lowest BCUT2D eigenvalue weighted by Gasteiger charge is -2.25. The van der Waals surface area contributed by atoms with Crippen LogP contribution in [0.15, 0.2) is 66.7 Å². The molecule has 0 aliphatic carbocycles. The molecule has 0 saturated heterocycles. The van der Waals surface area contributed by atoms with Crippen LogP contribution < -0.4 is 5.32 Å². The van der Waals surface area contributed by atoms with E-state index in [0.29, 0.717) is 0 Å². The maximum Gasteiger partial charge on any atom is 0.0873 e. The molecule has 2 heteroatoms. The number of hydrogen-bond acceptors (Lipinski definition) is 2. The molecule has 0 radical (unpaired) electrons. The molecule has 0 bridgehead atoms. The second kappa shape index (κ2) is 6.95. The van der Waals surface area contributed by atoms with E-state index < -0.39 is 6.10 Å². The average Bonchev–Trinajstić information content (AvgIpc) is 2.59. The van der Waals surface area contributed by atoms with Crippen molar-refractivity contribution in [2.75, 3.05) is 13.6 Å². The summed E-state index contributed by atoms with van der Waals surface area (Å²) in [7, 11) is 1.93. The Labute approximate surface area is 137 Å². The number of benzene rings is 3. The molecular formula is C21H23NO. The Hall–Kier alpha value is -2.16. The third kappa shape index (κ3) is 3.29. The van der Waals surface area contributed by atoms with Crippen LogP contribution in [-0.2, 0) is 0 Å². The van der Waals surface area contributed by atoms with Crippen LogP contribution in [0.4, 0.5) is 0 Å². The summed E-state index contributed by atoms with van der Waals surface area (Å²) in [6.07, 6.45) is -0.523. The van der Waals surface area contributed by atoms with E-state index in [4.69, 9.17) is 0 Å². The van der Waals surface area contributed by atoms with E-state index >= 15 is 0 Å². The number of rotatable bonds is 5. The fourth-order valence-electron chi connectivity index (χ4n) is 3.21. The van der Waals surface area contributed by atoms with E-state index in [0.717, 1.165) is 23.2 Å². The molecule has 0 heterocycles. The highest BCUT2D eigenvalue weighted by atomic mass is 16.3. The maximum absolute atomic E-state index is 11.0. The highest BCUT2D eigenvalue weighted by Gasteiger charge is 2.23. The summed E-state index contributed by atoms with van der Waals surface area (Å²) in [6.45, 7) is 2.78. The number of hydrogen-bond donors (Lipinski definition) is 2. The molecule has 0 aliphatic rings. The van der Waals surface area contributed by atoms with Crippen LogP contribution in [0.1, 0.15) is 28.7 Å². The zero-order chi connectivity index (χ0) is 16.2. The minimum absolute atomic E-state index is 0.0192. The van der Waals surface area contributed by atoms with Crippen LogP contribution in [0.2, 0.25) is 0 Å². The van der Waals surface area contributed by atoms with Crippen molar-refractivity contribution in [1.29, 1.82) is 0 Å². The van der Waals surface area contributed by atoms with E-state index in [1.54, 1.807) is 0 Å². The topological polar surface area (TPSA) is 32.3 Å². The van der Waals surface area contributed by atoms with Gasteiger partial charge in [-0.25, -0.2) is 0 Å². The van der Waals surface area contributed by atoms with Gasteiger partial charge in [0.1, 0.15) is 0 Å². The van der Waals surface area contributed by atoms with Crippen molar-refractivity contribution in [2.24, 2.45) is 0 Å². The molecule has 0 spiro atoms. The first-order valence-electron chi connectivity index (χ1n) is 8.07. The van der Waals surface area contributed by atoms with Crippen LogP contribution in [0, 0.1) is 6.92 Å². The Balaban J connectivity index is 2.01. The van der Waals surface area contributed by atoms with Crippen molar-refractivity contribution in [3.63, 3.8) is 0 Å². The van der Waals surface area contributed by atoms with Crippen LogP contribution in [0.3, 0.4) is 0 Å².